The van der Waals surface area contributed by atoms with Gasteiger partial charge in [-0.15, -0.1) is 0 Å². The molecule has 7 nitrogen and oxygen atoms in total. The van der Waals surface area contributed by atoms with E-state index in [0.717, 1.165) is 24.8 Å². The Balaban J connectivity index is 1.38. The van der Waals surface area contributed by atoms with Crippen LogP contribution >= 0.6 is 12.2 Å². The highest BCUT2D eigenvalue weighted by atomic mass is 32.1. The minimum Gasteiger partial charge on any atom is -0.493 e. The second-order valence-corrected chi connectivity index (χ2v) is 7.76. The molecule has 1 amide bonds. The van der Waals surface area contributed by atoms with Gasteiger partial charge in [0.2, 0.25) is 0 Å². The van der Waals surface area contributed by atoms with Crippen LogP contribution in [0.5, 0.6) is 17.2 Å². The maximum atomic E-state index is 12.3. The van der Waals surface area contributed by atoms with E-state index >= 15 is 0 Å². The van der Waals surface area contributed by atoms with Crippen molar-refractivity contribution in [3.63, 3.8) is 0 Å². The standard InChI is InChI=1S/C23H29N3O4S/c1-15(30-19-9-8-17-5-4-6-18(17)14-19)22(27)25-26-23(31)24-12-11-16-7-10-20(28-2)21(13-16)29-3/h7-10,13-15H,4-6,11-12H2,1-3H3,(H,25,27)(H2,24,26,31)/t15-/m0/s1. The van der Waals surface area contributed by atoms with Gasteiger partial charge < -0.3 is 19.5 Å². The van der Waals surface area contributed by atoms with Crippen LogP contribution < -0.4 is 30.4 Å². The van der Waals surface area contributed by atoms with Crippen LogP contribution in [0.1, 0.15) is 30.0 Å². The minimum absolute atomic E-state index is 0.301. The second kappa shape index (κ2) is 10.9. The first-order valence-corrected chi connectivity index (χ1v) is 10.7. The van der Waals surface area contributed by atoms with E-state index in [1.165, 1.54) is 17.5 Å². The van der Waals surface area contributed by atoms with Gasteiger partial charge in [0.25, 0.3) is 5.91 Å². The number of hydrogen-bond donors (Lipinski definition) is 3. The fourth-order valence-corrected chi connectivity index (χ4v) is 3.65. The smallest absolute Gasteiger partial charge is 0.279 e. The highest BCUT2D eigenvalue weighted by Gasteiger charge is 2.17. The molecule has 0 saturated carbocycles. The number of carbonyl (C=O) groups excluding carboxylic acids is 1. The molecule has 1 aliphatic rings. The Morgan fingerprint density at radius 3 is 2.58 bits per heavy atom. The van der Waals surface area contributed by atoms with Crippen LogP contribution in [0.15, 0.2) is 36.4 Å². The number of rotatable bonds is 8. The summed E-state index contributed by atoms with van der Waals surface area (Å²) in [4.78, 5) is 12.3. The van der Waals surface area contributed by atoms with E-state index in [-0.39, 0.29) is 5.91 Å². The lowest BCUT2D eigenvalue weighted by molar-refractivity contribution is -0.127. The van der Waals surface area contributed by atoms with Gasteiger partial charge in [-0.1, -0.05) is 12.1 Å². The van der Waals surface area contributed by atoms with Crippen molar-refractivity contribution < 1.29 is 19.0 Å². The van der Waals surface area contributed by atoms with Gasteiger partial charge in [-0.2, -0.15) is 0 Å². The molecular weight excluding hydrogens is 414 g/mol. The lowest BCUT2D eigenvalue weighted by atomic mass is 10.1. The van der Waals surface area contributed by atoms with Crippen LogP contribution in [0.25, 0.3) is 0 Å². The van der Waals surface area contributed by atoms with E-state index in [4.69, 9.17) is 26.4 Å². The van der Waals surface area contributed by atoms with Gasteiger partial charge in [0.05, 0.1) is 14.2 Å². The Bertz CT molecular complexity index is 935. The van der Waals surface area contributed by atoms with Gasteiger partial charge in [-0.3, -0.25) is 15.6 Å². The third-order valence-electron chi connectivity index (χ3n) is 5.20. The van der Waals surface area contributed by atoms with Crippen LogP contribution in [0.4, 0.5) is 0 Å². The number of thiocarbonyl (C=S) groups is 1. The molecule has 1 aliphatic carbocycles. The molecule has 2 aromatic carbocycles. The zero-order chi connectivity index (χ0) is 22.2. The molecule has 166 valence electrons. The van der Waals surface area contributed by atoms with Gasteiger partial charge in [0.1, 0.15) is 5.75 Å². The maximum absolute atomic E-state index is 12.3. The molecule has 31 heavy (non-hydrogen) atoms. The SMILES string of the molecule is COc1ccc(CCNC(=S)NNC(=O)[C@H](C)Oc2ccc3c(c2)CCC3)cc1OC. The first kappa shape index (κ1) is 22.7. The molecular formula is C23H29N3O4S. The summed E-state index contributed by atoms with van der Waals surface area (Å²) in [7, 11) is 3.21. The number of hydrazine groups is 1. The Labute approximate surface area is 188 Å². The molecule has 0 aliphatic heterocycles. The lowest BCUT2D eigenvalue weighted by Gasteiger charge is -2.17. The molecule has 3 N–H and O–H groups in total. The highest BCUT2D eigenvalue weighted by molar-refractivity contribution is 7.80. The number of nitrogens with one attached hydrogen (secondary N) is 3. The third kappa shape index (κ3) is 6.24. The van der Waals surface area contributed by atoms with Gasteiger partial charge in [0, 0.05) is 6.54 Å². The summed E-state index contributed by atoms with van der Waals surface area (Å²) in [5.74, 6) is 1.78. The van der Waals surface area contributed by atoms with Crippen molar-refractivity contribution in [2.24, 2.45) is 0 Å². The van der Waals surface area contributed by atoms with Crippen LogP contribution in [0, 0.1) is 0 Å². The van der Waals surface area contributed by atoms with Crippen molar-refractivity contribution in [2.45, 2.75) is 38.7 Å². The molecule has 0 fully saturated rings. The van der Waals surface area contributed by atoms with E-state index in [9.17, 15) is 4.79 Å². The molecule has 0 radical (unpaired) electrons. The molecule has 3 rings (SSSR count). The predicted molar refractivity (Wildman–Crippen MR) is 124 cm³/mol. The highest BCUT2D eigenvalue weighted by Crippen LogP contribution is 2.28. The predicted octanol–water partition coefficient (Wildman–Crippen LogP) is 2.70. The number of carbonyl (C=O) groups is 1. The summed E-state index contributed by atoms with van der Waals surface area (Å²) in [6.07, 6.45) is 3.44. The van der Waals surface area contributed by atoms with Crippen LogP contribution in [-0.2, 0) is 24.1 Å². The molecule has 0 heterocycles. The fraction of sp³-hybridized carbons (Fsp3) is 0.391. The van der Waals surface area contributed by atoms with Gasteiger partial charge in [-0.05, 0) is 85.8 Å². The second-order valence-electron chi connectivity index (χ2n) is 7.35. The summed E-state index contributed by atoms with van der Waals surface area (Å²) in [6, 6.07) is 11.8. The van der Waals surface area contributed by atoms with Crippen molar-refractivity contribution in [3.8, 4) is 17.2 Å². The Morgan fingerprint density at radius 1 is 1.03 bits per heavy atom. The number of hydrogen-bond acceptors (Lipinski definition) is 5. The Hall–Kier alpha value is -3.00. The molecule has 0 spiro atoms. The maximum Gasteiger partial charge on any atom is 0.279 e. The average molecular weight is 444 g/mol. The third-order valence-corrected chi connectivity index (χ3v) is 5.44. The lowest BCUT2D eigenvalue weighted by Crippen LogP contribution is -2.50. The zero-order valence-electron chi connectivity index (χ0n) is 18.1. The normalized spacial score (nSPS) is 13.0. The van der Waals surface area contributed by atoms with Gasteiger partial charge in [0.15, 0.2) is 22.7 Å². The van der Waals surface area contributed by atoms with Gasteiger partial charge >= 0.3 is 0 Å². The number of amides is 1. The topological polar surface area (TPSA) is 80.9 Å². The van der Waals surface area contributed by atoms with Crippen molar-refractivity contribution in [1.29, 1.82) is 0 Å². The van der Waals surface area contributed by atoms with Crippen LogP contribution in [-0.4, -0.2) is 37.9 Å². The van der Waals surface area contributed by atoms with Crippen molar-refractivity contribution in [1.82, 2.24) is 16.2 Å². The van der Waals surface area contributed by atoms with Crippen LogP contribution in [0.2, 0.25) is 0 Å². The first-order chi connectivity index (χ1) is 15.0. The summed E-state index contributed by atoms with van der Waals surface area (Å²) in [5.41, 5.74) is 9.05. The summed E-state index contributed by atoms with van der Waals surface area (Å²) in [6.45, 7) is 2.30. The summed E-state index contributed by atoms with van der Waals surface area (Å²) in [5, 5.41) is 3.39. The quantitative estimate of drug-likeness (QED) is 0.428. The van der Waals surface area contributed by atoms with E-state index in [2.05, 4.69) is 22.2 Å². The Morgan fingerprint density at radius 2 is 1.81 bits per heavy atom. The number of fused-ring (bicyclic) bond motifs is 1. The fourth-order valence-electron chi connectivity index (χ4n) is 3.50. The molecule has 0 saturated heterocycles. The number of ether oxygens (including phenoxy) is 3. The molecule has 0 aromatic heterocycles. The molecule has 0 bridgehead atoms. The van der Waals surface area contributed by atoms with Crippen LogP contribution in [0.3, 0.4) is 0 Å². The van der Waals surface area contributed by atoms with Crippen molar-refractivity contribution in [3.05, 3.63) is 53.1 Å². The van der Waals surface area contributed by atoms with Gasteiger partial charge in [-0.25, -0.2) is 0 Å². The van der Waals surface area contributed by atoms with E-state index < -0.39 is 6.10 Å². The number of benzene rings is 2. The zero-order valence-corrected chi connectivity index (χ0v) is 18.9. The molecule has 2 aromatic rings. The van der Waals surface area contributed by atoms with E-state index in [0.29, 0.717) is 28.9 Å². The Kier molecular flexibility index (Phi) is 7.94. The van der Waals surface area contributed by atoms with E-state index in [1.54, 1.807) is 21.1 Å². The average Bonchev–Trinajstić information content (AvgIpc) is 3.25. The van der Waals surface area contributed by atoms with Crippen molar-refractivity contribution in [2.75, 3.05) is 20.8 Å². The minimum atomic E-state index is -0.651. The molecule has 8 heteroatoms. The monoisotopic (exact) mass is 443 g/mol. The first-order valence-electron chi connectivity index (χ1n) is 10.3. The van der Waals surface area contributed by atoms with E-state index in [1.807, 2.05) is 30.3 Å². The van der Waals surface area contributed by atoms with Crippen molar-refractivity contribution >= 4 is 23.2 Å². The number of aryl methyl sites for hydroxylation is 2. The number of methoxy groups -OCH3 is 2. The summed E-state index contributed by atoms with van der Waals surface area (Å²) >= 11 is 5.22. The largest absolute Gasteiger partial charge is 0.493 e. The molecule has 1 atom stereocenters. The molecule has 0 unspecified atom stereocenters. The summed E-state index contributed by atoms with van der Waals surface area (Å²) < 4.78 is 16.3.